The van der Waals surface area contributed by atoms with Gasteiger partial charge in [-0.1, -0.05) is 23.2 Å². The second-order valence-corrected chi connectivity index (χ2v) is 8.67. The molecular weight excluding hydrogens is 424 g/mol. The fraction of sp³-hybridized carbons (Fsp3) is 0.333. The maximum absolute atomic E-state index is 13.0. The van der Waals surface area contributed by atoms with Gasteiger partial charge in [-0.05, 0) is 30.3 Å². The van der Waals surface area contributed by atoms with Gasteiger partial charge in [0.05, 0.1) is 35.5 Å². The van der Waals surface area contributed by atoms with Crippen LogP contribution in [0.2, 0.25) is 10.0 Å². The van der Waals surface area contributed by atoms with Crippen LogP contribution in [0.3, 0.4) is 0 Å². The Balaban J connectivity index is 1.98. The number of benzene rings is 2. The van der Waals surface area contributed by atoms with E-state index in [4.69, 9.17) is 32.7 Å². The van der Waals surface area contributed by atoms with Gasteiger partial charge in [-0.3, -0.25) is 4.72 Å². The highest BCUT2D eigenvalue weighted by Crippen LogP contribution is 2.38. The van der Waals surface area contributed by atoms with Crippen LogP contribution in [-0.4, -0.2) is 48.8 Å². The number of anilines is 2. The van der Waals surface area contributed by atoms with E-state index >= 15 is 0 Å². The molecule has 1 aliphatic heterocycles. The van der Waals surface area contributed by atoms with Crippen molar-refractivity contribution in [2.45, 2.75) is 4.90 Å². The molecule has 28 heavy (non-hydrogen) atoms. The fourth-order valence-corrected chi connectivity index (χ4v) is 4.68. The lowest BCUT2D eigenvalue weighted by Gasteiger charge is -2.30. The summed E-state index contributed by atoms with van der Waals surface area (Å²) in [5.41, 5.74) is 0.891. The largest absolute Gasteiger partial charge is 0.495 e. The molecule has 1 fully saturated rings. The Morgan fingerprint density at radius 1 is 1.07 bits per heavy atom. The van der Waals surface area contributed by atoms with E-state index in [1.54, 1.807) is 19.2 Å². The van der Waals surface area contributed by atoms with Crippen LogP contribution in [0.15, 0.2) is 35.2 Å². The van der Waals surface area contributed by atoms with E-state index in [1.807, 2.05) is 0 Å². The highest BCUT2D eigenvalue weighted by atomic mass is 35.5. The van der Waals surface area contributed by atoms with Crippen molar-refractivity contribution < 1.29 is 17.9 Å². The normalized spacial score (nSPS) is 14.6. The van der Waals surface area contributed by atoms with Gasteiger partial charge in [-0.15, -0.1) is 0 Å². The molecular formula is C18H21Cl2N3O4S. The Morgan fingerprint density at radius 2 is 1.79 bits per heavy atom. The summed E-state index contributed by atoms with van der Waals surface area (Å²) in [6, 6.07) is 7.67. The zero-order chi connectivity index (χ0) is 20.3. The molecule has 1 saturated heterocycles. The maximum atomic E-state index is 13.0. The lowest BCUT2D eigenvalue weighted by Crippen LogP contribution is -2.43. The summed E-state index contributed by atoms with van der Waals surface area (Å²) < 4.78 is 39.2. The molecule has 2 aromatic rings. The molecule has 10 heteroatoms. The molecule has 0 aromatic heterocycles. The third-order valence-electron chi connectivity index (χ3n) is 4.38. The summed E-state index contributed by atoms with van der Waals surface area (Å²) in [5, 5.41) is 3.77. The third kappa shape index (κ3) is 4.41. The molecule has 0 unspecified atom stereocenters. The van der Waals surface area contributed by atoms with Crippen LogP contribution in [-0.2, 0) is 10.0 Å². The predicted octanol–water partition coefficient (Wildman–Crippen LogP) is 3.22. The summed E-state index contributed by atoms with van der Waals surface area (Å²) in [6.45, 7) is 3.14. The van der Waals surface area contributed by atoms with E-state index in [-0.39, 0.29) is 21.4 Å². The molecule has 1 heterocycles. The minimum atomic E-state index is -3.91. The van der Waals surface area contributed by atoms with E-state index in [0.717, 1.165) is 31.9 Å². The van der Waals surface area contributed by atoms with Crippen LogP contribution in [0.1, 0.15) is 0 Å². The Kier molecular flexibility index (Phi) is 6.44. The first-order valence-corrected chi connectivity index (χ1v) is 10.8. The van der Waals surface area contributed by atoms with E-state index in [1.165, 1.54) is 25.3 Å². The number of nitrogens with one attached hydrogen (secondary N) is 2. The molecule has 0 aliphatic carbocycles. The van der Waals surface area contributed by atoms with E-state index in [9.17, 15) is 8.42 Å². The first-order valence-electron chi connectivity index (χ1n) is 8.55. The third-order valence-corrected chi connectivity index (χ3v) is 6.24. The molecule has 0 spiro atoms. The molecule has 152 valence electrons. The van der Waals surface area contributed by atoms with Gasteiger partial charge in [0.2, 0.25) is 0 Å². The molecule has 3 rings (SSSR count). The molecule has 2 N–H and O–H groups in total. The number of rotatable bonds is 6. The van der Waals surface area contributed by atoms with Crippen molar-refractivity contribution in [1.29, 1.82) is 0 Å². The van der Waals surface area contributed by atoms with Crippen LogP contribution in [0.25, 0.3) is 0 Å². The molecule has 0 bridgehead atoms. The maximum Gasteiger partial charge on any atom is 0.262 e. The monoisotopic (exact) mass is 444 g/mol. The number of hydrogen-bond acceptors (Lipinski definition) is 6. The van der Waals surface area contributed by atoms with Crippen LogP contribution in [0, 0.1) is 0 Å². The molecule has 0 radical (unpaired) electrons. The van der Waals surface area contributed by atoms with Crippen LogP contribution in [0.5, 0.6) is 11.5 Å². The number of nitrogens with zero attached hydrogens (tertiary/aromatic N) is 1. The number of piperazine rings is 1. The highest BCUT2D eigenvalue weighted by molar-refractivity contribution is 7.92. The van der Waals surface area contributed by atoms with Gasteiger partial charge in [0.15, 0.2) is 5.75 Å². The predicted molar refractivity (Wildman–Crippen MR) is 112 cm³/mol. The number of hydrogen-bond donors (Lipinski definition) is 2. The fourth-order valence-electron chi connectivity index (χ4n) is 3.04. The van der Waals surface area contributed by atoms with Crippen molar-refractivity contribution in [3.63, 3.8) is 0 Å². The summed E-state index contributed by atoms with van der Waals surface area (Å²) in [7, 11) is -0.943. The average molecular weight is 445 g/mol. The van der Waals surface area contributed by atoms with Crippen molar-refractivity contribution in [2.24, 2.45) is 0 Å². The zero-order valence-electron chi connectivity index (χ0n) is 15.5. The minimum Gasteiger partial charge on any atom is -0.495 e. The Hall–Kier alpha value is -1.87. The average Bonchev–Trinajstić information content (AvgIpc) is 2.67. The van der Waals surface area contributed by atoms with Crippen molar-refractivity contribution in [3.8, 4) is 11.5 Å². The van der Waals surface area contributed by atoms with Crippen molar-refractivity contribution in [3.05, 3.63) is 40.4 Å². The van der Waals surface area contributed by atoms with Crippen LogP contribution >= 0.6 is 23.2 Å². The Bertz CT molecular complexity index is 964. The second-order valence-electron chi connectivity index (χ2n) is 6.14. The molecule has 0 atom stereocenters. The molecule has 0 amide bonds. The number of methoxy groups -OCH3 is 2. The topological polar surface area (TPSA) is 79.9 Å². The smallest absolute Gasteiger partial charge is 0.262 e. The van der Waals surface area contributed by atoms with Crippen molar-refractivity contribution in [1.82, 2.24) is 5.32 Å². The molecule has 1 aliphatic rings. The van der Waals surface area contributed by atoms with Crippen molar-refractivity contribution >= 4 is 44.6 Å². The Labute approximate surface area is 174 Å². The second kappa shape index (κ2) is 8.65. The summed E-state index contributed by atoms with van der Waals surface area (Å²) >= 11 is 12.1. The zero-order valence-corrected chi connectivity index (χ0v) is 17.8. The molecule has 7 nitrogen and oxygen atoms in total. The first kappa shape index (κ1) is 20.9. The highest BCUT2D eigenvalue weighted by Gasteiger charge is 2.22. The van der Waals surface area contributed by atoms with E-state index in [0.29, 0.717) is 10.8 Å². The Morgan fingerprint density at radius 3 is 2.43 bits per heavy atom. The molecule has 2 aromatic carbocycles. The van der Waals surface area contributed by atoms with Gasteiger partial charge in [0.1, 0.15) is 5.75 Å². The van der Waals surface area contributed by atoms with Gasteiger partial charge in [0, 0.05) is 31.2 Å². The van der Waals surface area contributed by atoms with Crippen molar-refractivity contribution in [2.75, 3.05) is 50.0 Å². The minimum absolute atomic E-state index is 0.0972. The standard InChI is InChI=1S/C18H21Cl2N3O4S/c1-26-17-4-3-13(11-16(17)23-7-5-21-6-8-23)28(24,25)22-15-10-12(19)9-14(20)18(15)27-2/h3-4,9-11,21-22H,5-8H2,1-2H3/i2-1. The lowest BCUT2D eigenvalue weighted by molar-refractivity contribution is 0.412. The van der Waals surface area contributed by atoms with Gasteiger partial charge < -0.3 is 19.7 Å². The summed E-state index contributed by atoms with van der Waals surface area (Å²) in [4.78, 5) is 2.19. The van der Waals surface area contributed by atoms with Crippen LogP contribution in [0.4, 0.5) is 11.4 Å². The van der Waals surface area contributed by atoms with Crippen LogP contribution < -0.4 is 24.4 Å². The lowest BCUT2D eigenvalue weighted by atomic mass is 10.2. The van der Waals surface area contributed by atoms with Gasteiger partial charge in [-0.2, -0.15) is 0 Å². The van der Waals surface area contributed by atoms with E-state index in [2.05, 4.69) is 14.9 Å². The van der Waals surface area contributed by atoms with Gasteiger partial charge in [0.25, 0.3) is 10.0 Å². The first-order chi connectivity index (χ1) is 13.4. The molecule has 0 saturated carbocycles. The summed E-state index contributed by atoms with van der Waals surface area (Å²) in [5.74, 6) is 0.815. The number of halogens is 2. The van der Waals surface area contributed by atoms with Gasteiger partial charge >= 0.3 is 0 Å². The van der Waals surface area contributed by atoms with Gasteiger partial charge in [-0.25, -0.2) is 8.42 Å². The SMILES string of the molecule is COc1ccc(S(=O)(=O)Nc2cc(Cl)cc(Cl)c2O[11CH3])cc1N1CCNCC1. The number of ether oxygens (including phenoxy) is 2. The quantitative estimate of drug-likeness (QED) is 0.711. The van der Waals surface area contributed by atoms with E-state index < -0.39 is 10.0 Å². The number of sulfonamides is 1. The summed E-state index contributed by atoms with van der Waals surface area (Å²) in [6.07, 6.45) is 0.